The van der Waals surface area contributed by atoms with E-state index in [4.69, 9.17) is 14.2 Å². The van der Waals surface area contributed by atoms with E-state index in [-0.39, 0.29) is 0 Å². The number of methoxy groups -OCH3 is 3. The molecule has 0 unspecified atom stereocenters. The van der Waals surface area contributed by atoms with Crippen LogP contribution in [0.25, 0.3) is 0 Å². The first-order valence-electron chi connectivity index (χ1n) is 5.63. The van der Waals surface area contributed by atoms with Gasteiger partial charge in [-0.3, -0.25) is 0 Å². The monoisotopic (exact) mass is 238 g/mol. The van der Waals surface area contributed by atoms with E-state index in [1.807, 2.05) is 6.07 Å². The second-order valence-electron chi connectivity index (χ2n) is 4.42. The summed E-state index contributed by atoms with van der Waals surface area (Å²) in [5.74, 6) is 2.02. The molecule has 1 N–H and O–H groups in total. The summed E-state index contributed by atoms with van der Waals surface area (Å²) in [6, 6.07) is 3.66. The molecule has 1 aromatic rings. The normalized spacial score (nSPS) is 16.5. The fourth-order valence-corrected chi connectivity index (χ4v) is 1.91. The van der Waals surface area contributed by atoms with Crippen LogP contribution >= 0.6 is 0 Å². The first-order valence-corrected chi connectivity index (χ1v) is 5.63. The molecule has 1 saturated carbocycles. The lowest BCUT2D eigenvalue weighted by atomic mass is 10.0. The molecule has 0 bridgehead atoms. The molecule has 94 valence electrons. The molecule has 1 aliphatic rings. The van der Waals surface area contributed by atoms with Crippen molar-refractivity contribution >= 4 is 0 Å². The average molecular weight is 238 g/mol. The lowest BCUT2D eigenvalue weighted by Crippen LogP contribution is -2.12. The second kappa shape index (κ2) is 4.45. The molecule has 0 saturated heterocycles. The van der Waals surface area contributed by atoms with Gasteiger partial charge in [-0.05, 0) is 18.9 Å². The van der Waals surface area contributed by atoms with Crippen LogP contribution in [0.4, 0.5) is 0 Å². The van der Waals surface area contributed by atoms with Crippen LogP contribution in [0.1, 0.15) is 18.4 Å². The van der Waals surface area contributed by atoms with Crippen molar-refractivity contribution in [1.29, 1.82) is 0 Å². The molecule has 4 heteroatoms. The predicted octanol–water partition coefficient (Wildman–Crippen LogP) is 1.78. The molecular formula is C13H18O4. The first-order chi connectivity index (χ1) is 8.11. The number of aliphatic hydroxyl groups is 1. The van der Waals surface area contributed by atoms with Gasteiger partial charge in [-0.2, -0.15) is 0 Å². The number of hydrogen-bond acceptors (Lipinski definition) is 4. The predicted molar refractivity (Wildman–Crippen MR) is 64.0 cm³/mol. The van der Waals surface area contributed by atoms with Gasteiger partial charge < -0.3 is 19.3 Å². The zero-order chi connectivity index (χ0) is 12.5. The summed E-state index contributed by atoms with van der Waals surface area (Å²) < 4.78 is 15.8. The van der Waals surface area contributed by atoms with Crippen LogP contribution in [0.15, 0.2) is 12.1 Å². The minimum Gasteiger partial charge on any atom is -0.496 e. The zero-order valence-corrected chi connectivity index (χ0v) is 10.4. The topological polar surface area (TPSA) is 47.9 Å². The van der Waals surface area contributed by atoms with Crippen molar-refractivity contribution in [2.75, 3.05) is 21.3 Å². The molecule has 1 fully saturated rings. The van der Waals surface area contributed by atoms with Gasteiger partial charge in [0.2, 0.25) is 0 Å². The fourth-order valence-electron chi connectivity index (χ4n) is 1.91. The molecule has 0 amide bonds. The Morgan fingerprint density at radius 3 is 2.00 bits per heavy atom. The molecule has 0 aromatic heterocycles. The highest BCUT2D eigenvalue weighted by atomic mass is 16.5. The second-order valence-corrected chi connectivity index (χ2v) is 4.42. The highest BCUT2D eigenvalue weighted by molar-refractivity contribution is 5.51. The molecule has 4 nitrogen and oxygen atoms in total. The molecule has 2 rings (SSSR count). The minimum atomic E-state index is -0.549. The Kier molecular flexibility index (Phi) is 3.15. The summed E-state index contributed by atoms with van der Waals surface area (Å²) in [5, 5.41) is 9.96. The number of hydrogen-bond donors (Lipinski definition) is 1. The van der Waals surface area contributed by atoms with Crippen molar-refractivity contribution in [2.45, 2.75) is 24.9 Å². The highest BCUT2D eigenvalue weighted by Gasteiger charge is 2.41. The lowest BCUT2D eigenvalue weighted by molar-refractivity contribution is 0.149. The van der Waals surface area contributed by atoms with Crippen LogP contribution in [0.5, 0.6) is 17.2 Å². The molecule has 0 spiro atoms. The Bertz CT molecular complexity index is 410. The highest BCUT2D eigenvalue weighted by Crippen LogP contribution is 2.42. The third kappa shape index (κ3) is 2.47. The standard InChI is InChI=1S/C13H18O4/c1-15-10-7-12(17-3)11(16-2)6-9(10)8-13(14)4-5-13/h6-7,14H,4-5,8H2,1-3H3. The Balaban J connectivity index is 2.35. The summed E-state index contributed by atoms with van der Waals surface area (Å²) in [5.41, 5.74) is 0.400. The number of rotatable bonds is 5. The number of benzene rings is 1. The van der Waals surface area contributed by atoms with Gasteiger partial charge in [0.1, 0.15) is 5.75 Å². The van der Waals surface area contributed by atoms with E-state index in [1.54, 1.807) is 27.4 Å². The van der Waals surface area contributed by atoms with E-state index >= 15 is 0 Å². The molecule has 17 heavy (non-hydrogen) atoms. The SMILES string of the molecule is COc1cc(OC)c(OC)cc1CC1(O)CC1. The van der Waals surface area contributed by atoms with Crippen LogP contribution < -0.4 is 14.2 Å². The Morgan fingerprint density at radius 1 is 1.00 bits per heavy atom. The Morgan fingerprint density at radius 2 is 1.53 bits per heavy atom. The van der Waals surface area contributed by atoms with E-state index in [9.17, 15) is 5.11 Å². The van der Waals surface area contributed by atoms with Gasteiger partial charge in [0.25, 0.3) is 0 Å². The van der Waals surface area contributed by atoms with E-state index in [0.29, 0.717) is 17.9 Å². The molecule has 1 aromatic carbocycles. The van der Waals surface area contributed by atoms with Crippen LogP contribution in [-0.2, 0) is 6.42 Å². The van der Waals surface area contributed by atoms with Gasteiger partial charge in [-0.25, -0.2) is 0 Å². The quantitative estimate of drug-likeness (QED) is 0.849. The summed E-state index contributed by atoms with van der Waals surface area (Å²) in [6.07, 6.45) is 2.30. The Hall–Kier alpha value is -1.42. The molecule has 0 aliphatic heterocycles. The smallest absolute Gasteiger partial charge is 0.164 e. The van der Waals surface area contributed by atoms with E-state index in [0.717, 1.165) is 24.2 Å². The van der Waals surface area contributed by atoms with Crippen LogP contribution in [0.3, 0.4) is 0 Å². The van der Waals surface area contributed by atoms with Crippen molar-refractivity contribution in [3.8, 4) is 17.2 Å². The summed E-state index contributed by atoms with van der Waals surface area (Å²) >= 11 is 0. The lowest BCUT2D eigenvalue weighted by Gasteiger charge is -2.15. The third-order valence-electron chi connectivity index (χ3n) is 3.13. The third-order valence-corrected chi connectivity index (χ3v) is 3.13. The molecule has 0 heterocycles. The van der Waals surface area contributed by atoms with Gasteiger partial charge in [0.15, 0.2) is 11.5 Å². The van der Waals surface area contributed by atoms with Gasteiger partial charge in [0, 0.05) is 18.1 Å². The van der Waals surface area contributed by atoms with Crippen LogP contribution in [0, 0.1) is 0 Å². The van der Waals surface area contributed by atoms with Crippen molar-refractivity contribution in [2.24, 2.45) is 0 Å². The van der Waals surface area contributed by atoms with Crippen molar-refractivity contribution in [3.63, 3.8) is 0 Å². The zero-order valence-electron chi connectivity index (χ0n) is 10.4. The summed E-state index contributed by atoms with van der Waals surface area (Å²) in [4.78, 5) is 0. The van der Waals surface area contributed by atoms with Crippen molar-refractivity contribution in [3.05, 3.63) is 17.7 Å². The van der Waals surface area contributed by atoms with Crippen molar-refractivity contribution < 1.29 is 19.3 Å². The van der Waals surface area contributed by atoms with E-state index in [2.05, 4.69) is 0 Å². The maximum atomic E-state index is 9.96. The van der Waals surface area contributed by atoms with E-state index in [1.165, 1.54) is 0 Å². The number of ether oxygens (including phenoxy) is 3. The van der Waals surface area contributed by atoms with Gasteiger partial charge in [-0.1, -0.05) is 0 Å². The first kappa shape index (κ1) is 12.0. The Labute approximate surface area is 101 Å². The maximum absolute atomic E-state index is 9.96. The maximum Gasteiger partial charge on any atom is 0.164 e. The summed E-state index contributed by atoms with van der Waals surface area (Å²) in [6.45, 7) is 0. The van der Waals surface area contributed by atoms with Crippen molar-refractivity contribution in [1.82, 2.24) is 0 Å². The molecular weight excluding hydrogens is 220 g/mol. The fraction of sp³-hybridized carbons (Fsp3) is 0.538. The molecule has 1 aliphatic carbocycles. The van der Waals surface area contributed by atoms with Crippen LogP contribution in [0.2, 0.25) is 0 Å². The van der Waals surface area contributed by atoms with E-state index < -0.39 is 5.60 Å². The minimum absolute atomic E-state index is 0.549. The van der Waals surface area contributed by atoms with Gasteiger partial charge >= 0.3 is 0 Å². The largest absolute Gasteiger partial charge is 0.496 e. The van der Waals surface area contributed by atoms with Gasteiger partial charge in [-0.15, -0.1) is 0 Å². The molecule has 0 radical (unpaired) electrons. The summed E-state index contributed by atoms with van der Waals surface area (Å²) in [7, 11) is 4.80. The molecule has 0 atom stereocenters. The van der Waals surface area contributed by atoms with Crippen LogP contribution in [-0.4, -0.2) is 32.0 Å². The van der Waals surface area contributed by atoms with Gasteiger partial charge in [0.05, 0.1) is 26.9 Å². The average Bonchev–Trinajstić information content (AvgIpc) is 3.06.